The minimum Gasteiger partial charge on any atom is -0.343 e. The summed E-state index contributed by atoms with van der Waals surface area (Å²) in [5.74, 6) is -0.552. The molecule has 1 aromatic rings. The van der Waals surface area contributed by atoms with Crippen LogP contribution < -0.4 is 0 Å². The zero-order chi connectivity index (χ0) is 13.7. The van der Waals surface area contributed by atoms with E-state index in [9.17, 15) is 0 Å². The Hall–Kier alpha value is -1.38. The largest absolute Gasteiger partial charge is 0.343 e. The second-order valence-corrected chi connectivity index (χ2v) is 5.22. The highest BCUT2D eigenvalue weighted by molar-refractivity contribution is 5.19. The summed E-state index contributed by atoms with van der Waals surface area (Å²) in [6, 6.07) is 10.3. The molecule has 19 heavy (non-hydrogen) atoms. The smallest absolute Gasteiger partial charge is 0.164 e. The quantitative estimate of drug-likeness (QED) is 0.748. The molecule has 102 valence electrons. The van der Waals surface area contributed by atoms with Crippen LogP contribution >= 0.6 is 0 Å². The minimum absolute atomic E-state index is 0.0881. The first-order valence-electron chi connectivity index (χ1n) is 6.81. The number of benzene rings is 1. The lowest BCUT2D eigenvalue weighted by molar-refractivity contribution is -0.292. The Morgan fingerprint density at radius 3 is 2.53 bits per heavy atom. The van der Waals surface area contributed by atoms with Gasteiger partial charge in [0.2, 0.25) is 0 Å². The molecule has 2 atom stereocenters. The maximum Gasteiger partial charge on any atom is 0.164 e. The van der Waals surface area contributed by atoms with E-state index in [1.165, 1.54) is 5.56 Å². The van der Waals surface area contributed by atoms with Crippen molar-refractivity contribution < 1.29 is 9.47 Å². The van der Waals surface area contributed by atoms with Crippen molar-refractivity contribution >= 4 is 0 Å². The highest BCUT2D eigenvalue weighted by Gasteiger charge is 2.34. The SMILES string of the molecule is C/C=C/C=C/[C@H]1C[C@@H](c2ccccc2)OC(C)(C)O1. The van der Waals surface area contributed by atoms with Gasteiger partial charge in [-0.05, 0) is 26.3 Å². The Bertz CT molecular complexity index is 446. The molecule has 0 amide bonds. The van der Waals surface area contributed by atoms with E-state index in [-0.39, 0.29) is 12.2 Å². The van der Waals surface area contributed by atoms with Gasteiger partial charge in [-0.3, -0.25) is 0 Å². The summed E-state index contributed by atoms with van der Waals surface area (Å²) in [5.41, 5.74) is 1.21. The van der Waals surface area contributed by atoms with Crippen molar-refractivity contribution in [3.8, 4) is 0 Å². The molecule has 0 radical (unpaired) electrons. The summed E-state index contributed by atoms with van der Waals surface area (Å²) >= 11 is 0. The van der Waals surface area contributed by atoms with Crippen LogP contribution in [0.1, 0.15) is 38.9 Å². The molecule has 0 aliphatic carbocycles. The second kappa shape index (κ2) is 6.18. The Morgan fingerprint density at radius 1 is 1.11 bits per heavy atom. The lowest BCUT2D eigenvalue weighted by Gasteiger charge is -2.40. The standard InChI is InChI=1S/C17H22O2/c1-4-5-7-12-15-13-16(19-17(2,3)18-15)14-10-8-6-9-11-14/h4-12,15-16H,13H2,1-3H3/b5-4+,12-7+/t15-,16-/m0/s1. The molecule has 0 aromatic heterocycles. The molecule has 0 spiro atoms. The van der Waals surface area contributed by atoms with Crippen LogP contribution in [-0.4, -0.2) is 11.9 Å². The van der Waals surface area contributed by atoms with Gasteiger partial charge in [0.05, 0.1) is 12.2 Å². The first-order valence-corrected chi connectivity index (χ1v) is 6.81. The van der Waals surface area contributed by atoms with Gasteiger partial charge in [-0.25, -0.2) is 0 Å². The van der Waals surface area contributed by atoms with Gasteiger partial charge in [0.25, 0.3) is 0 Å². The van der Waals surface area contributed by atoms with Gasteiger partial charge < -0.3 is 9.47 Å². The summed E-state index contributed by atoms with van der Waals surface area (Å²) in [7, 11) is 0. The molecule has 1 fully saturated rings. The summed E-state index contributed by atoms with van der Waals surface area (Å²) < 4.78 is 12.0. The third-order valence-corrected chi connectivity index (χ3v) is 3.11. The third kappa shape index (κ3) is 4.05. The maximum absolute atomic E-state index is 6.02. The lowest BCUT2D eigenvalue weighted by Crippen LogP contribution is -2.40. The number of allylic oxidation sites excluding steroid dienone is 3. The van der Waals surface area contributed by atoms with Crippen LogP contribution in [0.2, 0.25) is 0 Å². The van der Waals surface area contributed by atoms with Gasteiger partial charge in [-0.2, -0.15) is 0 Å². The predicted molar refractivity (Wildman–Crippen MR) is 77.8 cm³/mol. The topological polar surface area (TPSA) is 18.5 Å². The Morgan fingerprint density at radius 2 is 1.84 bits per heavy atom. The van der Waals surface area contributed by atoms with Crippen LogP contribution in [0.4, 0.5) is 0 Å². The molecular weight excluding hydrogens is 236 g/mol. The molecule has 2 heteroatoms. The van der Waals surface area contributed by atoms with Crippen molar-refractivity contribution in [2.45, 2.75) is 45.2 Å². The van der Waals surface area contributed by atoms with Crippen molar-refractivity contribution in [3.63, 3.8) is 0 Å². The van der Waals surface area contributed by atoms with Crippen molar-refractivity contribution in [2.75, 3.05) is 0 Å². The molecule has 2 rings (SSSR count). The number of ether oxygens (including phenoxy) is 2. The average molecular weight is 258 g/mol. The van der Waals surface area contributed by atoms with E-state index in [0.29, 0.717) is 0 Å². The Balaban J connectivity index is 2.13. The van der Waals surface area contributed by atoms with E-state index in [0.717, 1.165) is 6.42 Å². The Kier molecular flexibility index (Phi) is 4.56. The van der Waals surface area contributed by atoms with Crippen LogP contribution in [0, 0.1) is 0 Å². The Labute approximate surface area is 115 Å². The van der Waals surface area contributed by atoms with Crippen molar-refractivity contribution in [2.24, 2.45) is 0 Å². The molecule has 0 bridgehead atoms. The molecule has 1 heterocycles. The van der Waals surface area contributed by atoms with Gasteiger partial charge in [-0.15, -0.1) is 0 Å². The molecular formula is C17H22O2. The molecule has 0 N–H and O–H groups in total. The number of hydrogen-bond acceptors (Lipinski definition) is 2. The number of hydrogen-bond donors (Lipinski definition) is 0. The van der Waals surface area contributed by atoms with E-state index in [2.05, 4.69) is 18.2 Å². The lowest BCUT2D eigenvalue weighted by atomic mass is 10.0. The normalized spacial score (nSPS) is 27.1. The highest BCUT2D eigenvalue weighted by atomic mass is 16.7. The third-order valence-electron chi connectivity index (χ3n) is 3.11. The second-order valence-electron chi connectivity index (χ2n) is 5.22. The summed E-state index contributed by atoms with van der Waals surface area (Å²) in [6.07, 6.45) is 9.19. The van der Waals surface area contributed by atoms with Gasteiger partial charge in [0.15, 0.2) is 5.79 Å². The maximum atomic E-state index is 6.02. The monoisotopic (exact) mass is 258 g/mol. The van der Waals surface area contributed by atoms with Gasteiger partial charge in [0, 0.05) is 6.42 Å². The molecule has 1 saturated heterocycles. The van der Waals surface area contributed by atoms with Crippen molar-refractivity contribution in [1.29, 1.82) is 0 Å². The van der Waals surface area contributed by atoms with Crippen LogP contribution in [0.15, 0.2) is 54.6 Å². The zero-order valence-corrected chi connectivity index (χ0v) is 11.9. The predicted octanol–water partition coefficient (Wildman–Crippen LogP) is 4.40. The van der Waals surface area contributed by atoms with E-state index >= 15 is 0 Å². The molecule has 0 unspecified atom stereocenters. The summed E-state index contributed by atoms with van der Waals surface area (Å²) in [4.78, 5) is 0. The highest BCUT2D eigenvalue weighted by Crippen LogP contribution is 2.36. The summed E-state index contributed by atoms with van der Waals surface area (Å²) in [6.45, 7) is 5.95. The molecule has 0 saturated carbocycles. The van der Waals surface area contributed by atoms with E-state index in [1.54, 1.807) is 0 Å². The van der Waals surface area contributed by atoms with Crippen LogP contribution in [0.5, 0.6) is 0 Å². The fourth-order valence-corrected chi connectivity index (χ4v) is 2.33. The first-order chi connectivity index (χ1) is 9.11. The fourth-order valence-electron chi connectivity index (χ4n) is 2.33. The number of rotatable bonds is 3. The van der Waals surface area contributed by atoms with E-state index < -0.39 is 5.79 Å². The van der Waals surface area contributed by atoms with Gasteiger partial charge >= 0.3 is 0 Å². The summed E-state index contributed by atoms with van der Waals surface area (Å²) in [5, 5.41) is 0. The molecule has 2 nitrogen and oxygen atoms in total. The molecule has 1 aromatic carbocycles. The molecule has 1 aliphatic heterocycles. The van der Waals surface area contributed by atoms with Crippen molar-refractivity contribution in [1.82, 2.24) is 0 Å². The fraction of sp³-hybridized carbons (Fsp3) is 0.412. The minimum atomic E-state index is -0.552. The molecule has 1 aliphatic rings. The van der Waals surface area contributed by atoms with E-state index in [1.807, 2.05) is 57.2 Å². The zero-order valence-electron chi connectivity index (χ0n) is 11.9. The van der Waals surface area contributed by atoms with Crippen LogP contribution in [-0.2, 0) is 9.47 Å². The van der Waals surface area contributed by atoms with Crippen LogP contribution in [0.3, 0.4) is 0 Å². The van der Waals surface area contributed by atoms with Gasteiger partial charge in [0.1, 0.15) is 0 Å². The van der Waals surface area contributed by atoms with E-state index in [4.69, 9.17) is 9.47 Å². The van der Waals surface area contributed by atoms with Gasteiger partial charge in [-0.1, -0.05) is 54.6 Å². The van der Waals surface area contributed by atoms with Crippen molar-refractivity contribution in [3.05, 3.63) is 60.2 Å². The first kappa shape index (κ1) is 14.0. The average Bonchev–Trinajstić information content (AvgIpc) is 2.38. The van der Waals surface area contributed by atoms with Crippen LogP contribution in [0.25, 0.3) is 0 Å².